The highest BCUT2D eigenvalue weighted by Crippen LogP contribution is 2.44. The number of phenolic OH excluding ortho intramolecular Hbond substituents is 1. The molecular weight excluding hydrogens is 698 g/mol. The van der Waals surface area contributed by atoms with E-state index < -0.39 is 107 Å². The lowest BCUT2D eigenvalue weighted by Gasteiger charge is -2.17. The Kier molecular flexibility index (Phi) is 9.58. The number of hydrogen-bond donors (Lipinski definition) is 4. The molecule has 0 aliphatic heterocycles. The lowest BCUT2D eigenvalue weighted by molar-refractivity contribution is -0.399. The molecule has 0 atom stereocenters. The van der Waals surface area contributed by atoms with Crippen LogP contribution in [0.5, 0.6) is 5.75 Å². The molecule has 4 N–H and O–H groups in total. The third-order valence-electron chi connectivity index (χ3n) is 5.63. The minimum Gasteiger partial charge on any atom is -0.505 e. The highest BCUT2D eigenvalue weighted by atomic mass is 32.3. The Bertz CT molecular complexity index is 2220. The van der Waals surface area contributed by atoms with Gasteiger partial charge >= 0.3 is 26.2 Å². The summed E-state index contributed by atoms with van der Waals surface area (Å²) in [6.45, 7) is -1.38. The number of likely N-dealkylation sites (N-methyl/N-ethyl adjacent to an activating group) is 1. The fourth-order valence-corrected chi connectivity index (χ4v) is 6.63. The third kappa shape index (κ3) is 7.69. The first-order chi connectivity index (χ1) is 20.5. The quantitative estimate of drug-likeness (QED) is 0.0897. The van der Waals surface area contributed by atoms with Gasteiger partial charge in [0.25, 0.3) is 20.7 Å². The summed E-state index contributed by atoms with van der Waals surface area (Å²) in [6.07, 6.45) is 0. The molecule has 244 valence electrons. The molecule has 0 fully saturated rings. The number of rotatable bonds is 12. The van der Waals surface area contributed by atoms with Crippen LogP contribution in [-0.4, -0.2) is 86.8 Å². The summed E-state index contributed by atoms with van der Waals surface area (Å²) in [5.74, 6) is -1.10. The van der Waals surface area contributed by atoms with Gasteiger partial charge in [-0.05, 0) is 35.7 Å². The summed E-state index contributed by atoms with van der Waals surface area (Å²) >= 11 is 0. The van der Waals surface area contributed by atoms with Crippen molar-refractivity contribution >= 4 is 74.2 Å². The normalized spacial score (nSPS) is 13.1. The van der Waals surface area contributed by atoms with Crippen LogP contribution < -0.4 is 0 Å². The molecule has 0 aliphatic carbocycles. The van der Waals surface area contributed by atoms with E-state index in [0.717, 1.165) is 25.2 Å². The summed E-state index contributed by atoms with van der Waals surface area (Å²) in [5, 5.41) is 39.6. The summed E-state index contributed by atoms with van der Waals surface area (Å²) in [5.41, 5.74) is -5.25. The molecule has 45 heavy (non-hydrogen) atoms. The lowest BCUT2D eigenvalue weighted by atomic mass is 10.1. The second-order valence-electron chi connectivity index (χ2n) is 8.48. The van der Waals surface area contributed by atoms with Crippen molar-refractivity contribution in [3.8, 4) is 5.75 Å². The molecule has 3 rings (SSSR count). The Hall–Kier alpha value is -4.28. The van der Waals surface area contributed by atoms with Crippen molar-refractivity contribution in [1.82, 2.24) is 4.31 Å². The van der Waals surface area contributed by atoms with Crippen LogP contribution in [0, 0.1) is 20.2 Å². The maximum Gasteiger partial charge on any atom is 0.397 e. The zero-order chi connectivity index (χ0) is 34.3. The van der Waals surface area contributed by atoms with Crippen molar-refractivity contribution in [2.45, 2.75) is 14.7 Å². The van der Waals surface area contributed by atoms with Gasteiger partial charge in [0.15, 0.2) is 11.4 Å². The predicted octanol–water partition coefficient (Wildman–Crippen LogP) is 1.71. The summed E-state index contributed by atoms with van der Waals surface area (Å²) < 4.78 is 128. The number of nitro groups is 2. The van der Waals surface area contributed by atoms with E-state index in [0.29, 0.717) is 22.5 Å². The van der Waals surface area contributed by atoms with Crippen molar-refractivity contribution in [2.24, 2.45) is 10.2 Å². The summed E-state index contributed by atoms with van der Waals surface area (Å²) in [7, 11) is -19.3. The Morgan fingerprint density at radius 3 is 2.00 bits per heavy atom. The average molecular weight is 716 g/mol. The Morgan fingerprint density at radius 1 is 0.867 bits per heavy atom. The second kappa shape index (κ2) is 12.3. The van der Waals surface area contributed by atoms with E-state index in [1.807, 2.05) is 0 Å². The third-order valence-corrected chi connectivity index (χ3v) is 9.73. The number of nitrogens with zero attached hydrogens (tertiary/aromatic N) is 5. The van der Waals surface area contributed by atoms with E-state index in [4.69, 9.17) is 4.55 Å². The van der Waals surface area contributed by atoms with E-state index in [1.165, 1.54) is 0 Å². The molecular formula is C19H17N5O17S4. The first-order valence-electron chi connectivity index (χ1n) is 11.2. The van der Waals surface area contributed by atoms with Crippen molar-refractivity contribution in [3.63, 3.8) is 0 Å². The van der Waals surface area contributed by atoms with E-state index in [2.05, 4.69) is 14.4 Å². The fraction of sp³-hybridized carbons (Fsp3) is 0.158. The molecule has 0 saturated heterocycles. The van der Waals surface area contributed by atoms with Crippen LogP contribution in [-0.2, 0) is 44.8 Å². The predicted molar refractivity (Wildman–Crippen MR) is 146 cm³/mol. The molecule has 3 aromatic carbocycles. The monoisotopic (exact) mass is 715 g/mol. The minimum atomic E-state index is -5.63. The largest absolute Gasteiger partial charge is 0.505 e. The molecule has 0 amide bonds. The van der Waals surface area contributed by atoms with Gasteiger partial charge in [-0.25, -0.2) is 12.6 Å². The number of aromatic hydroxyl groups is 1. The van der Waals surface area contributed by atoms with Crippen LogP contribution in [0.25, 0.3) is 10.8 Å². The van der Waals surface area contributed by atoms with Crippen LogP contribution in [0.1, 0.15) is 0 Å². The molecule has 0 aliphatic rings. The first-order valence-corrected chi connectivity index (χ1v) is 16.9. The van der Waals surface area contributed by atoms with Gasteiger partial charge in [0.1, 0.15) is 10.6 Å². The Morgan fingerprint density at radius 2 is 1.49 bits per heavy atom. The van der Waals surface area contributed by atoms with E-state index in [9.17, 15) is 68.1 Å². The molecule has 0 aromatic heterocycles. The van der Waals surface area contributed by atoms with Crippen molar-refractivity contribution in [2.75, 3.05) is 20.2 Å². The zero-order valence-electron chi connectivity index (χ0n) is 21.8. The number of sulfonamides is 1. The van der Waals surface area contributed by atoms with Crippen LogP contribution in [0.15, 0.2) is 61.3 Å². The molecule has 0 saturated carbocycles. The smallest absolute Gasteiger partial charge is 0.397 e. The highest BCUT2D eigenvalue weighted by Gasteiger charge is 2.38. The second-order valence-corrected chi connectivity index (χ2v) is 14.4. The summed E-state index contributed by atoms with van der Waals surface area (Å²) in [6, 6.07) is 4.23. The molecule has 0 spiro atoms. The molecule has 0 heterocycles. The maximum absolute atomic E-state index is 12.9. The molecule has 0 bridgehead atoms. The van der Waals surface area contributed by atoms with Crippen LogP contribution >= 0.6 is 0 Å². The topological polar surface area (TPSA) is 341 Å². The minimum absolute atomic E-state index is 0.329. The van der Waals surface area contributed by atoms with E-state index >= 15 is 0 Å². The number of azo groups is 1. The molecule has 26 heteroatoms. The number of hydrogen-bond acceptors (Lipinski definition) is 16. The van der Waals surface area contributed by atoms with Gasteiger partial charge in [0.2, 0.25) is 10.0 Å². The number of phenols is 1. The van der Waals surface area contributed by atoms with Crippen LogP contribution in [0.4, 0.5) is 22.7 Å². The van der Waals surface area contributed by atoms with E-state index in [1.54, 1.807) is 0 Å². The van der Waals surface area contributed by atoms with Crippen LogP contribution in [0.3, 0.4) is 0 Å². The van der Waals surface area contributed by atoms with Gasteiger partial charge < -0.3 is 5.11 Å². The first kappa shape index (κ1) is 35.2. The lowest BCUT2D eigenvalue weighted by Crippen LogP contribution is -2.30. The standard InChI is InChI=1S/C19H17N5O17S4/c1-22(6-7-41-45(38,39)40)42(30,31)11-2-3-12-10(8-11)9-15(43(32,33)34)16(18(12)25)21-20-13-4-5-14(23(26)27)19(44(35,36)37)17(13)24(28)29/h2-5,8-9,25H,6-7H2,1H3,(H,32,33,34)(H,35,36,37)(H,38,39,40). The zero-order valence-corrected chi connectivity index (χ0v) is 25.1. The van der Waals surface area contributed by atoms with Crippen LogP contribution in [0.2, 0.25) is 0 Å². The van der Waals surface area contributed by atoms with Gasteiger partial charge in [-0.3, -0.25) is 33.9 Å². The average Bonchev–Trinajstić information content (AvgIpc) is 2.89. The fourth-order valence-electron chi connectivity index (χ4n) is 3.66. The molecule has 3 aromatic rings. The van der Waals surface area contributed by atoms with E-state index in [-0.39, 0.29) is 10.8 Å². The van der Waals surface area contributed by atoms with Crippen molar-refractivity contribution in [1.29, 1.82) is 0 Å². The van der Waals surface area contributed by atoms with Gasteiger partial charge in [0, 0.05) is 25.0 Å². The Labute approximate surface area is 252 Å². The maximum atomic E-state index is 12.9. The highest BCUT2D eigenvalue weighted by molar-refractivity contribution is 7.89. The Balaban J connectivity index is 2.22. The number of nitro benzene ring substituents is 2. The number of benzene rings is 3. The van der Waals surface area contributed by atoms with Crippen molar-refractivity contribution < 1.29 is 66.5 Å². The molecule has 0 unspecified atom stereocenters. The molecule has 0 radical (unpaired) electrons. The summed E-state index contributed by atoms with van der Waals surface area (Å²) in [4.78, 5) is 16.5. The van der Waals surface area contributed by atoms with Gasteiger partial charge in [-0.15, -0.1) is 10.2 Å². The van der Waals surface area contributed by atoms with Gasteiger partial charge in [-0.1, -0.05) is 0 Å². The SMILES string of the molecule is CN(CCOS(=O)(=O)O)S(=O)(=O)c1ccc2c(O)c(N=Nc3ccc([N+](=O)[O-])c(S(=O)(=O)O)c3[N+](=O)[O-])c(S(=O)(=O)O)cc2c1. The number of fused-ring (bicyclic) bond motifs is 1. The van der Waals surface area contributed by atoms with Gasteiger partial charge in [-0.2, -0.15) is 29.6 Å². The van der Waals surface area contributed by atoms with Gasteiger partial charge in [0.05, 0.1) is 21.3 Å². The van der Waals surface area contributed by atoms with Crippen molar-refractivity contribution in [3.05, 3.63) is 56.6 Å². The molecule has 22 nitrogen and oxygen atoms in total.